The zero-order valence-electron chi connectivity index (χ0n) is 15.7. The van der Waals surface area contributed by atoms with E-state index in [4.69, 9.17) is 0 Å². The number of rotatable bonds is 0. The van der Waals surface area contributed by atoms with Crippen LogP contribution < -0.4 is 0 Å². The average Bonchev–Trinajstić information content (AvgIpc) is 2.70. The minimum Gasteiger partial charge on any atom is -0.262 e. The number of aromatic nitrogens is 2. The molecule has 0 saturated carbocycles. The lowest BCUT2D eigenvalue weighted by Crippen LogP contribution is -2.07. The predicted octanol–water partition coefficient (Wildman–Crippen LogP) is 6.36. The van der Waals surface area contributed by atoms with E-state index in [0.29, 0.717) is 5.92 Å². The number of nitrogens with zero attached hydrogens (tertiary/aromatic N) is 2. The Labute approximate surface area is 159 Å². The predicted molar refractivity (Wildman–Crippen MR) is 110 cm³/mol. The molecule has 0 bridgehead atoms. The second kappa shape index (κ2) is 7.43. The molecule has 5 rings (SSSR count). The van der Waals surface area contributed by atoms with Gasteiger partial charge in [0, 0.05) is 30.2 Å². The second-order valence-corrected chi connectivity index (χ2v) is 7.28. The molecule has 4 aromatic rings. The first-order valence-electron chi connectivity index (χ1n) is 9.50. The lowest BCUT2D eigenvalue weighted by Gasteiger charge is -2.25. The largest absolute Gasteiger partial charge is 0.262 e. The number of benzene rings is 3. The van der Waals surface area contributed by atoms with E-state index in [-0.39, 0.29) is 5.82 Å². The van der Waals surface area contributed by atoms with Crippen LogP contribution in [-0.4, -0.2) is 9.97 Å². The molecule has 0 fully saturated rings. The number of fused-ring (bicyclic) bond motifs is 5. The molecule has 0 N–H and O–H groups in total. The van der Waals surface area contributed by atoms with Crippen molar-refractivity contribution < 1.29 is 4.39 Å². The summed E-state index contributed by atoms with van der Waals surface area (Å²) in [5.41, 5.74) is 4.02. The standard InChI is InChI=1S/C20H19F.C4H4N2/c1-12-5-3-6-14-9-10-15-16-7-4-8-18(21)20(16)13(2)11-17(15)19(12)14;1-2-6-4-3-5-1/h4,7-12H,3,5-6H2,1-2H3;1-4H. The summed E-state index contributed by atoms with van der Waals surface area (Å²) in [6.45, 7) is 4.35. The van der Waals surface area contributed by atoms with Crippen LogP contribution in [0, 0.1) is 12.7 Å². The fourth-order valence-electron chi connectivity index (χ4n) is 4.31. The van der Waals surface area contributed by atoms with Crippen molar-refractivity contribution in [1.29, 1.82) is 0 Å². The van der Waals surface area contributed by atoms with Crippen LogP contribution in [0.15, 0.2) is 61.2 Å². The van der Waals surface area contributed by atoms with Crippen molar-refractivity contribution in [2.45, 2.75) is 39.0 Å². The summed E-state index contributed by atoms with van der Waals surface area (Å²) in [5.74, 6) is 0.487. The number of aryl methyl sites for hydroxylation is 2. The highest BCUT2D eigenvalue weighted by molar-refractivity contribution is 6.10. The van der Waals surface area contributed by atoms with Gasteiger partial charge in [0.25, 0.3) is 0 Å². The molecule has 0 aliphatic heterocycles. The summed E-state index contributed by atoms with van der Waals surface area (Å²) in [6, 6.07) is 12.1. The molecule has 2 nitrogen and oxygen atoms in total. The summed E-state index contributed by atoms with van der Waals surface area (Å²) in [6.07, 6.45) is 10.3. The maximum atomic E-state index is 14.2. The minimum atomic E-state index is -0.113. The van der Waals surface area contributed by atoms with Gasteiger partial charge in [-0.15, -0.1) is 0 Å². The van der Waals surface area contributed by atoms with Crippen molar-refractivity contribution in [1.82, 2.24) is 9.97 Å². The van der Waals surface area contributed by atoms with Crippen molar-refractivity contribution in [2.75, 3.05) is 0 Å². The van der Waals surface area contributed by atoms with Gasteiger partial charge in [-0.2, -0.15) is 0 Å². The van der Waals surface area contributed by atoms with E-state index in [1.54, 1.807) is 30.9 Å². The van der Waals surface area contributed by atoms with Crippen LogP contribution in [0.5, 0.6) is 0 Å². The third-order valence-electron chi connectivity index (χ3n) is 5.49. The van der Waals surface area contributed by atoms with Gasteiger partial charge in [-0.25, -0.2) is 4.39 Å². The second-order valence-electron chi connectivity index (χ2n) is 7.28. The normalized spacial score (nSPS) is 15.9. The molecule has 1 aliphatic carbocycles. The van der Waals surface area contributed by atoms with Gasteiger partial charge in [-0.05, 0) is 71.0 Å². The Hall–Kier alpha value is -2.81. The van der Waals surface area contributed by atoms with Crippen molar-refractivity contribution in [3.63, 3.8) is 0 Å². The van der Waals surface area contributed by atoms with Gasteiger partial charge in [-0.1, -0.05) is 37.3 Å². The van der Waals surface area contributed by atoms with Crippen molar-refractivity contribution in [3.8, 4) is 0 Å². The molecule has 3 aromatic carbocycles. The highest BCUT2D eigenvalue weighted by atomic mass is 19.1. The topological polar surface area (TPSA) is 25.8 Å². The summed E-state index contributed by atoms with van der Waals surface area (Å²) in [7, 11) is 0. The van der Waals surface area contributed by atoms with Crippen LogP contribution in [-0.2, 0) is 6.42 Å². The van der Waals surface area contributed by atoms with Gasteiger partial charge >= 0.3 is 0 Å². The molecule has 1 aliphatic rings. The summed E-state index contributed by atoms with van der Waals surface area (Å²) < 4.78 is 14.2. The molecule has 1 heterocycles. The van der Waals surface area contributed by atoms with Gasteiger partial charge in [0.2, 0.25) is 0 Å². The fourth-order valence-corrected chi connectivity index (χ4v) is 4.31. The summed E-state index contributed by atoms with van der Waals surface area (Å²) >= 11 is 0. The molecule has 0 saturated heterocycles. The average molecular weight is 358 g/mol. The van der Waals surface area contributed by atoms with Gasteiger partial charge in [-0.3, -0.25) is 9.97 Å². The first-order valence-corrected chi connectivity index (χ1v) is 9.50. The molecular formula is C24H23FN2. The van der Waals surface area contributed by atoms with Crippen molar-refractivity contribution >= 4 is 21.5 Å². The van der Waals surface area contributed by atoms with Crippen LogP contribution in [0.1, 0.15) is 42.4 Å². The van der Waals surface area contributed by atoms with Crippen LogP contribution in [0.2, 0.25) is 0 Å². The third kappa shape index (κ3) is 3.30. The molecule has 1 aromatic heterocycles. The molecule has 0 radical (unpaired) electrons. The van der Waals surface area contributed by atoms with Gasteiger partial charge in [0.05, 0.1) is 0 Å². The summed E-state index contributed by atoms with van der Waals surface area (Å²) in [4.78, 5) is 7.44. The van der Waals surface area contributed by atoms with Crippen LogP contribution in [0.4, 0.5) is 4.39 Å². The molecule has 0 spiro atoms. The maximum Gasteiger partial charge on any atom is 0.131 e. The van der Waals surface area contributed by atoms with Crippen molar-refractivity contribution in [2.24, 2.45) is 0 Å². The van der Waals surface area contributed by atoms with Crippen LogP contribution in [0.3, 0.4) is 0 Å². The Morgan fingerprint density at radius 3 is 2.37 bits per heavy atom. The van der Waals surface area contributed by atoms with E-state index < -0.39 is 0 Å². The minimum absolute atomic E-state index is 0.113. The molecule has 0 amide bonds. The SMILES string of the molecule is Cc1cc2c3c(ccc2c2cccc(F)c12)CCCC3C.c1cnccn1. The molecule has 1 unspecified atom stereocenters. The first-order chi connectivity index (χ1) is 13.2. The Kier molecular flexibility index (Phi) is 4.85. The van der Waals surface area contributed by atoms with E-state index in [1.807, 2.05) is 19.1 Å². The Morgan fingerprint density at radius 1 is 0.926 bits per heavy atom. The fraction of sp³-hybridized carbons (Fsp3) is 0.250. The van der Waals surface area contributed by atoms with E-state index in [9.17, 15) is 4.39 Å². The Bertz CT molecular complexity index is 1060. The van der Waals surface area contributed by atoms with E-state index in [0.717, 1.165) is 16.3 Å². The lowest BCUT2D eigenvalue weighted by molar-refractivity contribution is 0.595. The number of hydrogen-bond donors (Lipinski definition) is 0. The summed E-state index contributed by atoms with van der Waals surface area (Å²) in [5, 5.41) is 4.34. The Morgan fingerprint density at radius 2 is 1.67 bits per heavy atom. The highest BCUT2D eigenvalue weighted by Crippen LogP contribution is 2.40. The zero-order valence-corrected chi connectivity index (χ0v) is 15.7. The quantitative estimate of drug-likeness (QED) is 0.342. The molecular weight excluding hydrogens is 335 g/mol. The number of halogens is 1. The van der Waals surface area contributed by atoms with E-state index >= 15 is 0 Å². The zero-order chi connectivity index (χ0) is 18.8. The smallest absolute Gasteiger partial charge is 0.131 e. The Balaban J connectivity index is 0.000000257. The van der Waals surface area contributed by atoms with Gasteiger partial charge < -0.3 is 0 Å². The van der Waals surface area contributed by atoms with Crippen LogP contribution in [0.25, 0.3) is 21.5 Å². The lowest BCUT2D eigenvalue weighted by atomic mass is 9.80. The third-order valence-corrected chi connectivity index (χ3v) is 5.49. The molecule has 27 heavy (non-hydrogen) atoms. The van der Waals surface area contributed by atoms with Crippen LogP contribution >= 0.6 is 0 Å². The molecule has 3 heteroatoms. The highest BCUT2D eigenvalue weighted by Gasteiger charge is 2.20. The molecule has 1 atom stereocenters. The maximum absolute atomic E-state index is 14.2. The van der Waals surface area contributed by atoms with E-state index in [2.05, 4.69) is 35.1 Å². The van der Waals surface area contributed by atoms with E-state index in [1.165, 1.54) is 41.2 Å². The van der Waals surface area contributed by atoms with Gasteiger partial charge in [0.1, 0.15) is 5.82 Å². The van der Waals surface area contributed by atoms with Crippen molar-refractivity contribution in [3.05, 3.63) is 83.7 Å². The monoisotopic (exact) mass is 358 g/mol. The first kappa shape index (κ1) is 17.6. The molecule has 136 valence electrons. The number of hydrogen-bond acceptors (Lipinski definition) is 2. The van der Waals surface area contributed by atoms with Gasteiger partial charge in [0.15, 0.2) is 0 Å².